The lowest BCUT2D eigenvalue weighted by atomic mass is 9.96. The van der Waals surface area contributed by atoms with E-state index >= 15 is 0 Å². The molecule has 2 aromatic heterocycles. The Kier molecular flexibility index (Phi) is 2.25. The summed E-state index contributed by atoms with van der Waals surface area (Å²) in [5.41, 5.74) is 1.51. The molecule has 1 N–H and O–H groups in total. The zero-order valence-corrected chi connectivity index (χ0v) is 8.85. The smallest absolute Gasteiger partial charge is 0.274 e. The molecule has 0 radical (unpaired) electrons. The predicted molar refractivity (Wildman–Crippen MR) is 58.6 cm³/mol. The maximum atomic E-state index is 11.8. The second-order valence-corrected chi connectivity index (χ2v) is 4.06. The van der Waals surface area contributed by atoms with E-state index in [0.717, 1.165) is 31.7 Å². The summed E-state index contributed by atoms with van der Waals surface area (Å²) in [6.07, 6.45) is 7.04. The first-order valence-corrected chi connectivity index (χ1v) is 5.48. The molecule has 1 fully saturated rings. The predicted octanol–water partition coefficient (Wildman–Crippen LogP) is 0.917. The van der Waals surface area contributed by atoms with Crippen LogP contribution in [0.25, 0.3) is 5.52 Å². The average Bonchev–Trinajstić information content (AvgIpc) is 2.75. The Hall–Kier alpha value is -1.62. The third-order valence-electron chi connectivity index (χ3n) is 3.09. The van der Waals surface area contributed by atoms with E-state index in [-0.39, 0.29) is 5.56 Å². The van der Waals surface area contributed by atoms with Gasteiger partial charge < -0.3 is 9.72 Å². The number of fused-ring (bicyclic) bond motifs is 1. The largest absolute Gasteiger partial charge is 0.381 e. The molecule has 0 bridgehead atoms. The molecular weight excluding hydrogens is 206 g/mol. The minimum atomic E-state index is -0.0681. The van der Waals surface area contributed by atoms with Crippen molar-refractivity contribution in [2.75, 3.05) is 13.2 Å². The molecular formula is C11H13N3O2. The topological polar surface area (TPSA) is 59.4 Å². The maximum Gasteiger partial charge on any atom is 0.274 e. The lowest BCUT2D eigenvalue weighted by Gasteiger charge is -2.20. The number of hydrogen-bond donors (Lipinski definition) is 1. The van der Waals surface area contributed by atoms with E-state index in [1.165, 1.54) is 0 Å². The van der Waals surface area contributed by atoms with Gasteiger partial charge in [0.15, 0.2) is 0 Å². The van der Waals surface area contributed by atoms with Crippen molar-refractivity contribution in [1.82, 2.24) is 14.4 Å². The highest BCUT2D eigenvalue weighted by Gasteiger charge is 2.21. The van der Waals surface area contributed by atoms with Crippen LogP contribution in [0.3, 0.4) is 0 Å². The molecule has 0 aromatic carbocycles. The average molecular weight is 219 g/mol. The van der Waals surface area contributed by atoms with E-state index in [2.05, 4.69) is 9.97 Å². The number of imidazole rings is 1. The van der Waals surface area contributed by atoms with Gasteiger partial charge in [-0.05, 0) is 12.8 Å². The number of nitrogens with zero attached hydrogens (tertiary/aromatic N) is 2. The van der Waals surface area contributed by atoms with Crippen LogP contribution in [0.5, 0.6) is 0 Å². The zero-order chi connectivity index (χ0) is 11.0. The summed E-state index contributed by atoms with van der Waals surface area (Å²) in [6.45, 7) is 1.52. The number of ether oxygens (including phenoxy) is 1. The molecule has 5 nitrogen and oxygen atoms in total. The fraction of sp³-hybridized carbons (Fsp3) is 0.455. The van der Waals surface area contributed by atoms with Gasteiger partial charge in [0.1, 0.15) is 5.52 Å². The number of aromatic amines is 1. The van der Waals surface area contributed by atoms with Gasteiger partial charge in [-0.1, -0.05) is 0 Å². The Balaban J connectivity index is 2.12. The molecule has 5 heteroatoms. The summed E-state index contributed by atoms with van der Waals surface area (Å²) >= 11 is 0. The SMILES string of the molecule is O=c1[nH]ccn2cnc(C3CCOCC3)c12. The standard InChI is InChI=1S/C11H13N3O2/c15-11-10-9(8-1-5-16-6-2-8)13-7-14(10)4-3-12-11/h3-4,7-8H,1-2,5-6H2,(H,12,15). The van der Waals surface area contributed by atoms with Gasteiger partial charge in [-0.3, -0.25) is 9.20 Å². The second kappa shape index (κ2) is 3.75. The Bertz CT molecular complexity index is 552. The maximum absolute atomic E-state index is 11.8. The van der Waals surface area contributed by atoms with Gasteiger partial charge >= 0.3 is 0 Å². The third kappa shape index (κ3) is 1.44. The van der Waals surface area contributed by atoms with Crippen molar-refractivity contribution >= 4 is 5.52 Å². The van der Waals surface area contributed by atoms with E-state index in [9.17, 15) is 4.79 Å². The van der Waals surface area contributed by atoms with Crippen LogP contribution in [0.15, 0.2) is 23.5 Å². The van der Waals surface area contributed by atoms with Crippen LogP contribution in [0.1, 0.15) is 24.5 Å². The van der Waals surface area contributed by atoms with Crippen molar-refractivity contribution in [2.45, 2.75) is 18.8 Å². The fourth-order valence-electron chi connectivity index (χ4n) is 2.25. The molecule has 0 unspecified atom stereocenters. The molecule has 16 heavy (non-hydrogen) atoms. The molecule has 1 saturated heterocycles. The van der Waals surface area contributed by atoms with Gasteiger partial charge in [0, 0.05) is 31.5 Å². The molecule has 0 atom stereocenters. The molecule has 0 saturated carbocycles. The summed E-state index contributed by atoms with van der Waals surface area (Å²) < 4.78 is 7.10. The molecule has 0 spiro atoms. The molecule has 0 amide bonds. The van der Waals surface area contributed by atoms with Gasteiger partial charge in [-0.2, -0.15) is 0 Å². The first-order valence-electron chi connectivity index (χ1n) is 5.48. The van der Waals surface area contributed by atoms with E-state index < -0.39 is 0 Å². The Labute approximate surface area is 92.1 Å². The highest BCUT2D eigenvalue weighted by atomic mass is 16.5. The lowest BCUT2D eigenvalue weighted by molar-refractivity contribution is 0.0848. The van der Waals surface area contributed by atoms with Crippen molar-refractivity contribution in [3.05, 3.63) is 34.8 Å². The highest BCUT2D eigenvalue weighted by Crippen LogP contribution is 2.27. The quantitative estimate of drug-likeness (QED) is 0.775. The summed E-state index contributed by atoms with van der Waals surface area (Å²) in [6, 6.07) is 0. The molecule has 1 aliphatic rings. The number of aromatic nitrogens is 3. The number of H-pyrrole nitrogens is 1. The normalized spacial score (nSPS) is 18.0. The zero-order valence-electron chi connectivity index (χ0n) is 8.85. The number of nitrogens with one attached hydrogen (secondary N) is 1. The van der Waals surface area contributed by atoms with Gasteiger partial charge in [0.05, 0.1) is 12.0 Å². The van der Waals surface area contributed by atoms with Gasteiger partial charge in [-0.25, -0.2) is 4.98 Å². The summed E-state index contributed by atoms with van der Waals surface area (Å²) in [4.78, 5) is 18.8. The monoisotopic (exact) mass is 219 g/mol. The third-order valence-corrected chi connectivity index (χ3v) is 3.09. The Morgan fingerprint density at radius 1 is 1.44 bits per heavy atom. The Morgan fingerprint density at radius 2 is 2.25 bits per heavy atom. The van der Waals surface area contributed by atoms with Crippen molar-refractivity contribution < 1.29 is 4.74 Å². The van der Waals surface area contributed by atoms with Crippen LogP contribution < -0.4 is 5.56 Å². The summed E-state index contributed by atoms with van der Waals surface area (Å²) in [5.74, 6) is 0.349. The van der Waals surface area contributed by atoms with Gasteiger partial charge in [-0.15, -0.1) is 0 Å². The second-order valence-electron chi connectivity index (χ2n) is 4.06. The number of hydrogen-bond acceptors (Lipinski definition) is 3. The molecule has 3 rings (SSSR count). The lowest BCUT2D eigenvalue weighted by Crippen LogP contribution is -2.17. The number of rotatable bonds is 1. The van der Waals surface area contributed by atoms with Crippen molar-refractivity contribution in [3.8, 4) is 0 Å². The van der Waals surface area contributed by atoms with Crippen LogP contribution in [-0.2, 0) is 4.74 Å². The molecule has 0 aliphatic carbocycles. The fourth-order valence-corrected chi connectivity index (χ4v) is 2.25. The van der Waals surface area contributed by atoms with Crippen molar-refractivity contribution in [2.24, 2.45) is 0 Å². The minimum Gasteiger partial charge on any atom is -0.381 e. The van der Waals surface area contributed by atoms with E-state index in [4.69, 9.17) is 4.74 Å². The Morgan fingerprint density at radius 3 is 3.06 bits per heavy atom. The van der Waals surface area contributed by atoms with Crippen LogP contribution >= 0.6 is 0 Å². The first kappa shape index (κ1) is 9.59. The summed E-state index contributed by atoms with van der Waals surface area (Å²) in [5, 5.41) is 0. The van der Waals surface area contributed by atoms with Crippen molar-refractivity contribution in [1.29, 1.82) is 0 Å². The minimum absolute atomic E-state index is 0.0681. The van der Waals surface area contributed by atoms with Gasteiger partial charge in [0.2, 0.25) is 0 Å². The summed E-state index contributed by atoms with van der Waals surface area (Å²) in [7, 11) is 0. The van der Waals surface area contributed by atoms with Crippen LogP contribution in [0.2, 0.25) is 0 Å². The first-order chi connectivity index (χ1) is 7.86. The van der Waals surface area contributed by atoms with Crippen LogP contribution in [-0.4, -0.2) is 27.6 Å². The van der Waals surface area contributed by atoms with Crippen LogP contribution in [0.4, 0.5) is 0 Å². The molecule has 1 aliphatic heterocycles. The van der Waals surface area contributed by atoms with Crippen LogP contribution in [0, 0.1) is 0 Å². The molecule has 84 valence electrons. The molecule has 2 aromatic rings. The molecule has 3 heterocycles. The van der Waals surface area contributed by atoms with Gasteiger partial charge in [0.25, 0.3) is 5.56 Å². The van der Waals surface area contributed by atoms with Crippen molar-refractivity contribution in [3.63, 3.8) is 0 Å². The highest BCUT2D eigenvalue weighted by molar-refractivity contribution is 5.51. The van der Waals surface area contributed by atoms with E-state index in [1.807, 2.05) is 6.20 Å². The van der Waals surface area contributed by atoms with E-state index in [0.29, 0.717) is 11.4 Å². The van der Waals surface area contributed by atoms with E-state index in [1.54, 1.807) is 16.9 Å².